The van der Waals surface area contributed by atoms with Gasteiger partial charge in [-0.25, -0.2) is 0 Å². The van der Waals surface area contributed by atoms with Crippen LogP contribution in [-0.2, 0) is 4.57 Å². The lowest BCUT2D eigenvalue weighted by Gasteiger charge is -2.20. The molecule has 3 heterocycles. The largest absolute Gasteiger partial charge is 0.309 e. The highest BCUT2D eigenvalue weighted by Gasteiger charge is 2.30. The minimum absolute atomic E-state index is 0.815. The van der Waals surface area contributed by atoms with E-state index in [1.807, 2.05) is 74.5 Å². The molecule has 0 amide bonds. The van der Waals surface area contributed by atoms with Crippen molar-refractivity contribution in [2.75, 3.05) is 0 Å². The normalized spacial score (nSPS) is 11.8. The molecular formula is C56H42N3OP. The first kappa shape index (κ1) is 36.7. The minimum Gasteiger partial charge on any atom is -0.309 e. The average molecular weight is 804 g/mol. The van der Waals surface area contributed by atoms with Crippen molar-refractivity contribution in [2.45, 2.75) is 13.8 Å². The van der Waals surface area contributed by atoms with Crippen LogP contribution in [0.25, 0.3) is 82.5 Å². The molecule has 61 heavy (non-hydrogen) atoms. The summed E-state index contributed by atoms with van der Waals surface area (Å²) in [5, 5.41) is 9.51. The molecule has 0 unspecified atom stereocenters. The van der Waals surface area contributed by atoms with Crippen LogP contribution in [0.2, 0.25) is 0 Å². The number of fused-ring (bicyclic) bond motifs is 9. The van der Waals surface area contributed by atoms with Crippen molar-refractivity contribution in [1.29, 1.82) is 0 Å². The summed E-state index contributed by atoms with van der Waals surface area (Å²) in [4.78, 5) is 0. The molecule has 0 aliphatic rings. The Hall–Kier alpha value is -7.39. The second kappa shape index (κ2) is 14.7. The maximum absolute atomic E-state index is 15.6. The summed E-state index contributed by atoms with van der Waals surface area (Å²) >= 11 is 0. The maximum atomic E-state index is 15.6. The summed E-state index contributed by atoms with van der Waals surface area (Å²) in [7, 11) is -3.21. The zero-order valence-electron chi connectivity index (χ0n) is 34.0. The van der Waals surface area contributed by atoms with Crippen LogP contribution in [0.15, 0.2) is 218 Å². The zero-order chi connectivity index (χ0) is 41.1. The molecule has 0 spiro atoms. The summed E-state index contributed by atoms with van der Waals surface area (Å²) in [6.45, 7) is 4.00. The number of aromatic nitrogens is 3. The molecular weight excluding hydrogens is 762 g/mol. The van der Waals surface area contributed by atoms with Crippen molar-refractivity contribution in [1.82, 2.24) is 13.7 Å². The fraction of sp³-hybridized carbons (Fsp3) is 0.0357. The molecule has 12 rings (SSSR count). The van der Waals surface area contributed by atoms with E-state index >= 15 is 4.57 Å². The van der Waals surface area contributed by atoms with Gasteiger partial charge in [0.1, 0.15) is 0 Å². The monoisotopic (exact) mass is 803 g/mol. The van der Waals surface area contributed by atoms with Crippen LogP contribution in [-0.4, -0.2) is 13.7 Å². The number of hydrogen-bond acceptors (Lipinski definition) is 1. The van der Waals surface area contributed by atoms with E-state index < -0.39 is 7.14 Å². The SMILES string of the molecule is CC.O=P(c1ccccc1)(c1ccccc1)c1ccc2c(c1)c1ccccc1n2-c1cc(-n2c3ccccc3c3ccccc32)cc(-n2c3ccccc3c3ccccc32)c1. The molecule has 0 atom stereocenters. The van der Waals surface area contributed by atoms with E-state index in [9.17, 15) is 0 Å². The number of rotatable bonds is 6. The predicted molar refractivity (Wildman–Crippen MR) is 260 cm³/mol. The second-order valence-electron chi connectivity index (χ2n) is 15.3. The van der Waals surface area contributed by atoms with Gasteiger partial charge in [0, 0.05) is 48.2 Å². The molecule has 0 aliphatic heterocycles. The van der Waals surface area contributed by atoms with E-state index in [0.717, 1.165) is 76.8 Å². The van der Waals surface area contributed by atoms with E-state index in [0.29, 0.717) is 0 Å². The van der Waals surface area contributed by atoms with Gasteiger partial charge in [-0.1, -0.05) is 166 Å². The Morgan fingerprint density at radius 1 is 0.279 bits per heavy atom. The van der Waals surface area contributed by atoms with Gasteiger partial charge in [0.05, 0.1) is 50.2 Å². The molecule has 0 bridgehead atoms. The van der Waals surface area contributed by atoms with Gasteiger partial charge >= 0.3 is 0 Å². The molecule has 12 aromatic rings. The molecule has 0 N–H and O–H groups in total. The van der Waals surface area contributed by atoms with Crippen LogP contribution in [0.1, 0.15) is 13.8 Å². The molecule has 9 aromatic carbocycles. The Kier molecular flexibility index (Phi) is 8.84. The number of hydrogen-bond donors (Lipinski definition) is 0. The first-order valence-corrected chi connectivity index (χ1v) is 22.8. The van der Waals surface area contributed by atoms with Gasteiger partial charge in [0.2, 0.25) is 0 Å². The number of benzene rings is 9. The van der Waals surface area contributed by atoms with Crippen molar-refractivity contribution < 1.29 is 4.57 Å². The Labute approximate surface area is 354 Å². The number of para-hydroxylation sites is 5. The predicted octanol–water partition coefficient (Wildman–Crippen LogP) is 13.6. The van der Waals surface area contributed by atoms with Gasteiger partial charge in [0.15, 0.2) is 7.14 Å². The second-order valence-corrected chi connectivity index (χ2v) is 18.0. The minimum atomic E-state index is -3.21. The third-order valence-electron chi connectivity index (χ3n) is 12.1. The highest BCUT2D eigenvalue weighted by Crippen LogP contribution is 2.45. The molecule has 4 nitrogen and oxygen atoms in total. The van der Waals surface area contributed by atoms with Crippen molar-refractivity contribution in [3.8, 4) is 17.1 Å². The standard InChI is InChI=1S/C54H36N3OP.C2H6/c58-59(40-17-3-1-4-18-40,41-19-5-2-6-20-41)42-31-32-54-48(36-42)47-25-11-16-30-53(47)57(54)39-34-37(55-49-26-12-7-21-43(49)44-22-8-13-27-50(44)55)33-38(35-39)56-51-28-14-9-23-45(51)46-24-10-15-29-52(46)56;1-2/h1-36H;1-2H3. The fourth-order valence-electron chi connectivity index (χ4n) is 9.53. The van der Waals surface area contributed by atoms with Gasteiger partial charge in [-0.3, -0.25) is 0 Å². The Balaban J connectivity index is 0.00000207. The van der Waals surface area contributed by atoms with Crippen LogP contribution >= 0.6 is 7.14 Å². The number of nitrogens with zero attached hydrogens (tertiary/aromatic N) is 3. The highest BCUT2D eigenvalue weighted by molar-refractivity contribution is 7.85. The molecule has 0 aliphatic carbocycles. The quantitative estimate of drug-likeness (QED) is 0.154. The smallest absolute Gasteiger partial charge is 0.171 e. The van der Waals surface area contributed by atoms with Crippen LogP contribution < -0.4 is 15.9 Å². The molecule has 0 radical (unpaired) electrons. The van der Waals surface area contributed by atoms with Gasteiger partial charge < -0.3 is 18.3 Å². The van der Waals surface area contributed by atoms with Crippen molar-refractivity contribution in [2.24, 2.45) is 0 Å². The maximum Gasteiger partial charge on any atom is 0.171 e. The third kappa shape index (κ3) is 5.64. The third-order valence-corrected chi connectivity index (χ3v) is 15.1. The zero-order valence-corrected chi connectivity index (χ0v) is 34.9. The van der Waals surface area contributed by atoms with Crippen LogP contribution in [0.4, 0.5) is 0 Å². The first-order chi connectivity index (χ1) is 30.2. The van der Waals surface area contributed by atoms with E-state index in [2.05, 4.69) is 171 Å². The summed E-state index contributed by atoms with van der Waals surface area (Å²) in [5.74, 6) is 0. The van der Waals surface area contributed by atoms with Gasteiger partial charge in [0.25, 0.3) is 0 Å². The van der Waals surface area contributed by atoms with Gasteiger partial charge in [-0.15, -0.1) is 0 Å². The summed E-state index contributed by atoms with van der Waals surface area (Å²) in [6, 6.07) is 76.7. The van der Waals surface area contributed by atoms with Crippen LogP contribution in [0.3, 0.4) is 0 Å². The topological polar surface area (TPSA) is 31.9 Å². The van der Waals surface area contributed by atoms with Crippen LogP contribution in [0.5, 0.6) is 0 Å². The molecule has 3 aromatic heterocycles. The summed E-state index contributed by atoms with van der Waals surface area (Å²) in [5.41, 5.74) is 9.93. The molecule has 5 heteroatoms. The van der Waals surface area contributed by atoms with E-state index in [1.54, 1.807) is 0 Å². The van der Waals surface area contributed by atoms with Crippen LogP contribution in [0, 0.1) is 0 Å². The Morgan fingerprint density at radius 2 is 0.557 bits per heavy atom. The lowest BCUT2D eigenvalue weighted by molar-refractivity contribution is 0.592. The molecule has 292 valence electrons. The summed E-state index contributed by atoms with van der Waals surface area (Å²) in [6.07, 6.45) is 0. The van der Waals surface area contributed by atoms with Gasteiger partial charge in [-0.2, -0.15) is 0 Å². The Bertz CT molecular complexity index is 3370. The van der Waals surface area contributed by atoms with Gasteiger partial charge in [-0.05, 0) is 66.7 Å². The lowest BCUT2D eigenvalue weighted by atomic mass is 10.1. The van der Waals surface area contributed by atoms with E-state index in [-0.39, 0.29) is 0 Å². The first-order valence-electron chi connectivity index (χ1n) is 21.0. The van der Waals surface area contributed by atoms with Crippen molar-refractivity contribution in [3.63, 3.8) is 0 Å². The Morgan fingerprint density at radius 3 is 0.902 bits per heavy atom. The lowest BCUT2D eigenvalue weighted by Crippen LogP contribution is -2.24. The van der Waals surface area contributed by atoms with E-state index in [1.165, 1.54) is 21.5 Å². The molecule has 0 saturated carbocycles. The fourth-order valence-corrected chi connectivity index (χ4v) is 12.2. The molecule has 0 fully saturated rings. The van der Waals surface area contributed by atoms with Crippen molar-refractivity contribution >= 4 is 88.5 Å². The van der Waals surface area contributed by atoms with Crippen molar-refractivity contribution in [3.05, 3.63) is 218 Å². The van der Waals surface area contributed by atoms with E-state index in [4.69, 9.17) is 0 Å². The average Bonchev–Trinajstić information content (AvgIpc) is 3.98. The highest BCUT2D eigenvalue weighted by atomic mass is 31.2. The molecule has 0 saturated heterocycles. The summed E-state index contributed by atoms with van der Waals surface area (Å²) < 4.78 is 22.9.